The Balaban J connectivity index is 1.55. The molecule has 1 fully saturated rings. The van der Waals surface area contributed by atoms with Crippen LogP contribution in [0.3, 0.4) is 0 Å². The highest BCUT2D eigenvalue weighted by molar-refractivity contribution is 6.26. The third-order valence-electron chi connectivity index (χ3n) is 5.85. The van der Waals surface area contributed by atoms with Crippen LogP contribution in [0.5, 0.6) is 0 Å². The van der Waals surface area contributed by atoms with E-state index >= 15 is 0 Å². The highest BCUT2D eigenvalue weighted by atomic mass is 16.2. The van der Waals surface area contributed by atoms with Gasteiger partial charge in [-0.05, 0) is 48.2 Å². The summed E-state index contributed by atoms with van der Waals surface area (Å²) in [5.74, 6) is -0.300. The van der Waals surface area contributed by atoms with Crippen LogP contribution in [0.25, 0.3) is 16.8 Å². The molecule has 0 unspecified atom stereocenters. The monoisotopic (exact) mass is 370 g/mol. The molecule has 0 bridgehead atoms. The van der Waals surface area contributed by atoms with Crippen molar-refractivity contribution in [2.24, 2.45) is 5.92 Å². The van der Waals surface area contributed by atoms with Gasteiger partial charge in [-0.2, -0.15) is 0 Å². The molecule has 2 aromatic rings. The van der Waals surface area contributed by atoms with Crippen LogP contribution in [0.4, 0.5) is 0 Å². The Labute approximate surface area is 164 Å². The fraction of sp³-hybridized carbons (Fsp3) is 0.250. The fourth-order valence-corrected chi connectivity index (χ4v) is 4.37. The number of allylic oxidation sites excluding steroid dienone is 2. The van der Waals surface area contributed by atoms with Gasteiger partial charge >= 0.3 is 0 Å². The summed E-state index contributed by atoms with van der Waals surface area (Å²) in [4.78, 5) is 29.9. The lowest BCUT2D eigenvalue weighted by atomic mass is 9.91. The molecule has 1 aliphatic carbocycles. The average Bonchev–Trinajstić information content (AvgIpc) is 3.42. The van der Waals surface area contributed by atoms with Crippen LogP contribution in [0.1, 0.15) is 39.1 Å². The van der Waals surface area contributed by atoms with Gasteiger partial charge in [-0.3, -0.25) is 14.5 Å². The maximum absolute atomic E-state index is 13.1. The Hall–Kier alpha value is -3.14. The molecule has 2 heterocycles. The first-order chi connectivity index (χ1) is 13.7. The Morgan fingerprint density at radius 1 is 0.929 bits per heavy atom. The van der Waals surface area contributed by atoms with Crippen molar-refractivity contribution >= 4 is 28.7 Å². The second kappa shape index (κ2) is 6.79. The second-order valence-electron chi connectivity index (χ2n) is 7.64. The summed E-state index contributed by atoms with van der Waals surface area (Å²) in [5.41, 5.74) is 2.28. The molecule has 0 saturated carbocycles. The van der Waals surface area contributed by atoms with Gasteiger partial charge < -0.3 is 4.90 Å². The van der Waals surface area contributed by atoms with Crippen molar-refractivity contribution in [3.05, 3.63) is 77.5 Å². The third-order valence-corrected chi connectivity index (χ3v) is 5.85. The van der Waals surface area contributed by atoms with Gasteiger partial charge in [-0.15, -0.1) is 0 Å². The standard InChI is InChI=1S/C24H22N2O2/c27-23-20-9-5-8-19-18(12-15-25-13-3-4-14-25)10-11-21(22(19)20)24(28)26(23)16-17-6-1-2-7-17/h1-2,5-12,15,17H,3-4,13-14,16H2/b15-12+. The highest BCUT2D eigenvalue weighted by Gasteiger charge is 2.34. The van der Waals surface area contributed by atoms with Crippen LogP contribution >= 0.6 is 0 Å². The van der Waals surface area contributed by atoms with Gasteiger partial charge in [0.15, 0.2) is 0 Å². The van der Waals surface area contributed by atoms with Crippen molar-refractivity contribution < 1.29 is 9.59 Å². The van der Waals surface area contributed by atoms with Gasteiger partial charge in [-0.1, -0.05) is 42.5 Å². The van der Waals surface area contributed by atoms with Crippen LogP contribution in [0, 0.1) is 5.92 Å². The van der Waals surface area contributed by atoms with E-state index in [2.05, 4.69) is 17.2 Å². The maximum atomic E-state index is 13.1. The lowest BCUT2D eigenvalue weighted by Gasteiger charge is -2.28. The largest absolute Gasteiger partial charge is 0.377 e. The van der Waals surface area contributed by atoms with Crippen molar-refractivity contribution in [1.82, 2.24) is 9.80 Å². The van der Waals surface area contributed by atoms with E-state index in [4.69, 9.17) is 0 Å². The molecular weight excluding hydrogens is 348 g/mol. The van der Waals surface area contributed by atoms with Crippen molar-refractivity contribution in [2.45, 2.75) is 12.8 Å². The molecule has 1 saturated heterocycles. The minimum absolute atomic E-state index is 0.0938. The summed E-state index contributed by atoms with van der Waals surface area (Å²) in [6.07, 6.45) is 14.6. The van der Waals surface area contributed by atoms with Crippen molar-refractivity contribution in [3.8, 4) is 0 Å². The molecule has 0 aromatic heterocycles. The predicted octanol–water partition coefficient (Wildman–Crippen LogP) is 4.24. The van der Waals surface area contributed by atoms with E-state index in [0.29, 0.717) is 17.7 Å². The minimum Gasteiger partial charge on any atom is -0.377 e. The summed E-state index contributed by atoms with van der Waals surface area (Å²) in [6, 6.07) is 9.62. The Morgan fingerprint density at radius 3 is 2.39 bits per heavy atom. The van der Waals surface area contributed by atoms with Crippen LogP contribution in [0.2, 0.25) is 0 Å². The molecule has 0 spiro atoms. The number of hydrogen-bond acceptors (Lipinski definition) is 3. The molecule has 3 aliphatic rings. The van der Waals surface area contributed by atoms with Crippen LogP contribution in [0.15, 0.2) is 60.8 Å². The molecule has 4 heteroatoms. The number of carbonyl (C=O) groups excluding carboxylic acids is 2. The number of nitrogens with zero attached hydrogens (tertiary/aromatic N) is 2. The molecule has 5 rings (SSSR count). The first-order valence-electron chi connectivity index (χ1n) is 9.91. The second-order valence-corrected chi connectivity index (χ2v) is 7.64. The number of imide groups is 1. The van der Waals surface area contributed by atoms with Crippen molar-refractivity contribution in [1.29, 1.82) is 0 Å². The first kappa shape index (κ1) is 17.0. The molecule has 0 atom stereocenters. The Kier molecular flexibility index (Phi) is 4.12. The number of carbonyl (C=O) groups is 2. The van der Waals surface area contributed by atoms with Gasteiger partial charge in [-0.25, -0.2) is 0 Å². The van der Waals surface area contributed by atoms with Gasteiger partial charge in [0.2, 0.25) is 0 Å². The smallest absolute Gasteiger partial charge is 0.261 e. The van der Waals surface area contributed by atoms with E-state index in [9.17, 15) is 9.59 Å². The lowest BCUT2D eigenvalue weighted by Crippen LogP contribution is -2.42. The SMILES string of the molecule is O=C1c2cccc3c(/C=C/N4CCCC4)ccc(c23)C(=O)N1CC1C=CC=C1. The van der Waals surface area contributed by atoms with E-state index in [0.717, 1.165) is 29.4 Å². The summed E-state index contributed by atoms with van der Waals surface area (Å²) in [7, 11) is 0. The number of hydrogen-bond donors (Lipinski definition) is 0. The average molecular weight is 370 g/mol. The van der Waals surface area contributed by atoms with Gasteiger partial charge in [0.1, 0.15) is 0 Å². The fourth-order valence-electron chi connectivity index (χ4n) is 4.37. The summed E-state index contributed by atoms with van der Waals surface area (Å²) >= 11 is 0. The molecule has 140 valence electrons. The molecule has 0 N–H and O–H groups in total. The van der Waals surface area contributed by atoms with Crippen LogP contribution in [-0.4, -0.2) is 41.2 Å². The van der Waals surface area contributed by atoms with Gasteiger partial charge in [0.25, 0.3) is 11.8 Å². The molecule has 0 radical (unpaired) electrons. The van der Waals surface area contributed by atoms with E-state index in [1.165, 1.54) is 17.7 Å². The molecule has 28 heavy (non-hydrogen) atoms. The molecular formula is C24H22N2O2. The minimum atomic E-state index is -0.197. The van der Waals surface area contributed by atoms with E-state index in [1.807, 2.05) is 54.6 Å². The summed E-state index contributed by atoms with van der Waals surface area (Å²) in [6.45, 7) is 2.57. The molecule has 2 aliphatic heterocycles. The zero-order chi connectivity index (χ0) is 19.1. The molecule has 2 amide bonds. The predicted molar refractivity (Wildman–Crippen MR) is 111 cm³/mol. The normalized spacial score (nSPS) is 19.1. The van der Waals surface area contributed by atoms with E-state index in [-0.39, 0.29) is 17.7 Å². The van der Waals surface area contributed by atoms with Crippen LogP contribution in [-0.2, 0) is 0 Å². The summed E-state index contributed by atoms with van der Waals surface area (Å²) < 4.78 is 0. The zero-order valence-electron chi connectivity index (χ0n) is 15.7. The summed E-state index contributed by atoms with van der Waals surface area (Å²) in [5, 5.41) is 1.75. The number of likely N-dealkylation sites (tertiary alicyclic amines) is 1. The maximum Gasteiger partial charge on any atom is 0.261 e. The molecule has 4 nitrogen and oxygen atoms in total. The molecule has 2 aromatic carbocycles. The number of amides is 2. The van der Waals surface area contributed by atoms with Crippen LogP contribution < -0.4 is 0 Å². The highest BCUT2D eigenvalue weighted by Crippen LogP contribution is 2.33. The van der Waals surface area contributed by atoms with Gasteiger partial charge in [0.05, 0.1) is 0 Å². The van der Waals surface area contributed by atoms with Crippen molar-refractivity contribution in [3.63, 3.8) is 0 Å². The van der Waals surface area contributed by atoms with Gasteiger partial charge in [0, 0.05) is 42.1 Å². The lowest BCUT2D eigenvalue weighted by molar-refractivity contribution is 0.0602. The van der Waals surface area contributed by atoms with E-state index < -0.39 is 0 Å². The first-order valence-corrected chi connectivity index (χ1v) is 9.91. The topological polar surface area (TPSA) is 40.6 Å². The van der Waals surface area contributed by atoms with E-state index in [1.54, 1.807) is 0 Å². The van der Waals surface area contributed by atoms with Crippen molar-refractivity contribution in [2.75, 3.05) is 19.6 Å². The number of benzene rings is 2. The Morgan fingerprint density at radius 2 is 1.64 bits per heavy atom. The Bertz CT molecular complexity index is 1020. The third kappa shape index (κ3) is 2.76. The number of rotatable bonds is 4. The zero-order valence-corrected chi connectivity index (χ0v) is 15.7. The quantitative estimate of drug-likeness (QED) is 0.756.